The van der Waals surface area contributed by atoms with E-state index in [4.69, 9.17) is 5.11 Å². The molecule has 1 aliphatic rings. The zero-order valence-electron chi connectivity index (χ0n) is 15.6. The summed E-state index contributed by atoms with van der Waals surface area (Å²) in [5.41, 5.74) is 1.80. The zero-order valence-corrected chi connectivity index (χ0v) is 16.4. The van der Waals surface area contributed by atoms with Crippen molar-refractivity contribution in [2.24, 2.45) is 0 Å². The summed E-state index contributed by atoms with van der Waals surface area (Å²) < 4.78 is 0. The number of anilines is 1. The Morgan fingerprint density at radius 3 is 2.54 bits per heavy atom. The largest absolute Gasteiger partial charge is 0.478 e. The van der Waals surface area contributed by atoms with Gasteiger partial charge in [-0.3, -0.25) is 9.59 Å². The molecule has 0 spiro atoms. The summed E-state index contributed by atoms with van der Waals surface area (Å²) in [6.45, 7) is 3.41. The van der Waals surface area contributed by atoms with Crippen LogP contribution in [0, 0.1) is 6.92 Å². The molecule has 2 aromatic rings. The summed E-state index contributed by atoms with van der Waals surface area (Å²) in [6, 6.07) is 11.7. The second kappa shape index (κ2) is 8.93. The number of aromatic carboxylic acids is 1. The summed E-state index contributed by atoms with van der Waals surface area (Å²) in [5, 5.41) is 11.9. The monoisotopic (exact) mass is 398 g/mol. The minimum atomic E-state index is -1.05. The van der Waals surface area contributed by atoms with E-state index in [1.165, 1.54) is 23.9 Å². The fourth-order valence-corrected chi connectivity index (χ4v) is 4.01. The molecule has 3 rings (SSSR count). The second-order valence-corrected chi connectivity index (χ2v) is 7.68. The number of amides is 2. The third-order valence-corrected chi connectivity index (χ3v) is 5.73. The van der Waals surface area contributed by atoms with Crippen LogP contribution in [0.4, 0.5) is 5.69 Å². The number of likely N-dealkylation sites (tertiary alicyclic amines) is 1. The van der Waals surface area contributed by atoms with Crippen molar-refractivity contribution in [3.8, 4) is 0 Å². The number of carboxylic acid groups (broad SMARTS) is 1. The zero-order chi connectivity index (χ0) is 20.1. The number of carbonyl (C=O) groups is 3. The van der Waals surface area contributed by atoms with Gasteiger partial charge in [-0.2, -0.15) is 0 Å². The van der Waals surface area contributed by atoms with Crippen LogP contribution in [0.3, 0.4) is 0 Å². The lowest BCUT2D eigenvalue weighted by Gasteiger charge is -2.16. The van der Waals surface area contributed by atoms with Gasteiger partial charge in [0, 0.05) is 23.7 Å². The molecule has 0 atom stereocenters. The number of hydrogen-bond donors (Lipinski definition) is 2. The van der Waals surface area contributed by atoms with Crippen molar-refractivity contribution in [1.82, 2.24) is 4.90 Å². The average Bonchev–Trinajstić information content (AvgIpc) is 3.22. The lowest BCUT2D eigenvalue weighted by Crippen LogP contribution is -2.29. The van der Waals surface area contributed by atoms with Crippen molar-refractivity contribution < 1.29 is 19.5 Å². The molecule has 146 valence electrons. The molecule has 7 heteroatoms. The van der Waals surface area contributed by atoms with Gasteiger partial charge in [-0.25, -0.2) is 4.79 Å². The Balaban J connectivity index is 1.73. The van der Waals surface area contributed by atoms with Crippen LogP contribution in [0.2, 0.25) is 0 Å². The molecule has 6 nitrogen and oxygen atoms in total. The van der Waals surface area contributed by atoms with Gasteiger partial charge in [-0.15, -0.1) is 11.8 Å². The number of aryl methyl sites for hydroxylation is 1. The van der Waals surface area contributed by atoms with E-state index in [0.29, 0.717) is 11.3 Å². The fraction of sp³-hybridized carbons (Fsp3) is 0.286. The summed E-state index contributed by atoms with van der Waals surface area (Å²) >= 11 is 1.35. The number of thioether (sulfide) groups is 1. The lowest BCUT2D eigenvalue weighted by molar-refractivity contribution is -0.127. The summed E-state index contributed by atoms with van der Waals surface area (Å²) in [7, 11) is 0. The number of nitrogens with one attached hydrogen (secondary N) is 1. The maximum absolute atomic E-state index is 12.8. The van der Waals surface area contributed by atoms with Crippen molar-refractivity contribution in [1.29, 1.82) is 0 Å². The number of hydrogen-bond acceptors (Lipinski definition) is 4. The molecule has 0 saturated carbocycles. The standard InChI is InChI=1S/C21H22N2O4S/c1-14-8-9-15(21(26)27)12-17(14)22-20(25)16-6-2-3-7-18(16)28-13-19(24)23-10-4-5-11-23/h2-3,6-9,12H,4-5,10-11,13H2,1H3,(H,22,25)(H,26,27). The van der Waals surface area contributed by atoms with Crippen LogP contribution in [0.15, 0.2) is 47.4 Å². The van der Waals surface area contributed by atoms with E-state index >= 15 is 0 Å². The predicted octanol–water partition coefficient (Wildman–Crippen LogP) is 3.66. The van der Waals surface area contributed by atoms with Crippen LogP contribution in [0.25, 0.3) is 0 Å². The minimum absolute atomic E-state index is 0.0858. The van der Waals surface area contributed by atoms with Gasteiger partial charge in [0.15, 0.2) is 0 Å². The molecule has 1 aliphatic heterocycles. The first-order valence-electron chi connectivity index (χ1n) is 9.10. The Bertz CT molecular complexity index is 907. The molecule has 0 aliphatic carbocycles. The number of carboxylic acids is 1. The van der Waals surface area contributed by atoms with Gasteiger partial charge in [0.05, 0.1) is 16.9 Å². The van der Waals surface area contributed by atoms with Crippen LogP contribution in [-0.2, 0) is 4.79 Å². The summed E-state index contributed by atoms with van der Waals surface area (Å²) in [5.74, 6) is -1.00. The minimum Gasteiger partial charge on any atom is -0.478 e. The maximum atomic E-state index is 12.8. The van der Waals surface area contributed by atoms with Crippen molar-refractivity contribution in [3.05, 3.63) is 59.2 Å². The van der Waals surface area contributed by atoms with E-state index in [-0.39, 0.29) is 23.1 Å². The number of nitrogens with zero attached hydrogens (tertiary/aromatic N) is 1. The van der Waals surface area contributed by atoms with Crippen LogP contribution in [0.1, 0.15) is 39.1 Å². The predicted molar refractivity (Wildman–Crippen MR) is 109 cm³/mol. The average molecular weight is 398 g/mol. The van der Waals surface area contributed by atoms with Crippen molar-refractivity contribution >= 4 is 35.2 Å². The van der Waals surface area contributed by atoms with E-state index in [9.17, 15) is 14.4 Å². The molecule has 0 radical (unpaired) electrons. The van der Waals surface area contributed by atoms with E-state index in [0.717, 1.165) is 36.4 Å². The highest BCUT2D eigenvalue weighted by Crippen LogP contribution is 2.25. The van der Waals surface area contributed by atoms with E-state index < -0.39 is 5.97 Å². The van der Waals surface area contributed by atoms with Gasteiger partial charge in [0.25, 0.3) is 5.91 Å². The van der Waals surface area contributed by atoms with Crippen molar-refractivity contribution in [2.75, 3.05) is 24.2 Å². The van der Waals surface area contributed by atoms with Crippen molar-refractivity contribution in [3.63, 3.8) is 0 Å². The third kappa shape index (κ3) is 4.72. The Hall–Kier alpha value is -2.80. The molecule has 28 heavy (non-hydrogen) atoms. The molecule has 0 bridgehead atoms. The highest BCUT2D eigenvalue weighted by atomic mass is 32.2. The quantitative estimate of drug-likeness (QED) is 0.725. The number of carbonyl (C=O) groups excluding carboxylic acids is 2. The van der Waals surface area contributed by atoms with E-state index in [1.54, 1.807) is 25.1 Å². The molecule has 2 N–H and O–H groups in total. The first-order chi connectivity index (χ1) is 13.5. The molecule has 1 saturated heterocycles. The van der Waals surface area contributed by atoms with Gasteiger partial charge in [-0.05, 0) is 49.6 Å². The van der Waals surface area contributed by atoms with Crippen LogP contribution in [0.5, 0.6) is 0 Å². The van der Waals surface area contributed by atoms with Gasteiger partial charge in [-0.1, -0.05) is 18.2 Å². The molecule has 1 fully saturated rings. The van der Waals surface area contributed by atoms with Gasteiger partial charge in [0.2, 0.25) is 5.91 Å². The van der Waals surface area contributed by atoms with Gasteiger partial charge < -0.3 is 15.3 Å². The third-order valence-electron chi connectivity index (χ3n) is 4.67. The number of benzene rings is 2. The van der Waals surface area contributed by atoms with Crippen LogP contribution in [-0.4, -0.2) is 46.6 Å². The number of rotatable bonds is 6. The Kier molecular flexibility index (Phi) is 6.36. The Morgan fingerprint density at radius 1 is 1.11 bits per heavy atom. The molecule has 2 aromatic carbocycles. The van der Waals surface area contributed by atoms with Gasteiger partial charge in [0.1, 0.15) is 0 Å². The second-order valence-electron chi connectivity index (χ2n) is 6.66. The molecular weight excluding hydrogens is 376 g/mol. The molecule has 1 heterocycles. The highest BCUT2D eigenvalue weighted by molar-refractivity contribution is 8.00. The first-order valence-corrected chi connectivity index (χ1v) is 10.1. The Labute approximate surface area is 167 Å². The smallest absolute Gasteiger partial charge is 0.335 e. The van der Waals surface area contributed by atoms with Gasteiger partial charge >= 0.3 is 5.97 Å². The normalized spacial score (nSPS) is 13.4. The molecule has 0 unspecified atom stereocenters. The van der Waals surface area contributed by atoms with Crippen LogP contribution >= 0.6 is 11.8 Å². The molecule has 2 amide bonds. The van der Waals surface area contributed by atoms with Crippen molar-refractivity contribution in [2.45, 2.75) is 24.7 Å². The topological polar surface area (TPSA) is 86.7 Å². The van der Waals surface area contributed by atoms with E-state index in [2.05, 4.69) is 5.32 Å². The lowest BCUT2D eigenvalue weighted by atomic mass is 10.1. The Morgan fingerprint density at radius 2 is 1.82 bits per heavy atom. The van der Waals surface area contributed by atoms with E-state index in [1.807, 2.05) is 17.0 Å². The first kappa shape index (κ1) is 19.9. The SMILES string of the molecule is Cc1ccc(C(=O)O)cc1NC(=O)c1ccccc1SCC(=O)N1CCCC1. The molecule has 0 aromatic heterocycles. The fourth-order valence-electron chi connectivity index (χ4n) is 3.06. The molecular formula is C21H22N2O4S. The maximum Gasteiger partial charge on any atom is 0.335 e. The van der Waals surface area contributed by atoms with Crippen LogP contribution < -0.4 is 5.32 Å². The summed E-state index contributed by atoms with van der Waals surface area (Å²) in [4.78, 5) is 38.8. The summed E-state index contributed by atoms with van der Waals surface area (Å²) in [6.07, 6.45) is 2.09. The highest BCUT2D eigenvalue weighted by Gasteiger charge is 2.19.